The molecule has 1 saturated carbocycles. The highest BCUT2D eigenvalue weighted by Crippen LogP contribution is 2.38. The van der Waals surface area contributed by atoms with Crippen LogP contribution in [0.3, 0.4) is 0 Å². The molecule has 0 aromatic carbocycles. The number of nitrogens with one attached hydrogen (secondary N) is 1. The first-order valence-corrected chi connectivity index (χ1v) is 7.19. The standard InChI is InChI=1S/C10H12ClN7S/c1-2-12-9-13-5-7(11)8(14-9)19-10-15-16-17-18(10)6-3-4-6/h5-6H,2-4H2,1H3,(H,12,13,14). The maximum Gasteiger partial charge on any atom is 0.223 e. The number of nitrogens with zero attached hydrogens (tertiary/aromatic N) is 6. The molecular weight excluding hydrogens is 286 g/mol. The van der Waals surface area contributed by atoms with Crippen molar-refractivity contribution >= 4 is 29.3 Å². The number of aromatic nitrogens is 6. The molecule has 0 radical (unpaired) electrons. The normalized spacial score (nSPS) is 14.6. The fourth-order valence-electron chi connectivity index (χ4n) is 1.55. The van der Waals surface area contributed by atoms with Gasteiger partial charge in [-0.05, 0) is 42.0 Å². The molecule has 0 spiro atoms. The van der Waals surface area contributed by atoms with Crippen molar-refractivity contribution < 1.29 is 0 Å². The molecule has 0 amide bonds. The lowest BCUT2D eigenvalue weighted by molar-refractivity contribution is 0.565. The summed E-state index contributed by atoms with van der Waals surface area (Å²) in [6.07, 6.45) is 3.83. The Morgan fingerprint density at radius 3 is 3.11 bits per heavy atom. The van der Waals surface area contributed by atoms with Gasteiger partial charge in [-0.2, -0.15) is 0 Å². The fraction of sp³-hybridized carbons (Fsp3) is 0.500. The second kappa shape index (κ2) is 5.30. The minimum Gasteiger partial charge on any atom is -0.354 e. The van der Waals surface area contributed by atoms with Gasteiger partial charge in [0.2, 0.25) is 11.1 Å². The summed E-state index contributed by atoms with van der Waals surface area (Å²) in [6, 6.07) is 0.423. The van der Waals surface area contributed by atoms with Crippen LogP contribution >= 0.6 is 23.4 Å². The van der Waals surface area contributed by atoms with Crippen LogP contribution in [0.4, 0.5) is 5.95 Å². The molecule has 1 aliphatic carbocycles. The van der Waals surface area contributed by atoms with Crippen molar-refractivity contribution in [2.45, 2.75) is 36.0 Å². The van der Waals surface area contributed by atoms with Crippen LogP contribution in [0, 0.1) is 0 Å². The Hall–Kier alpha value is -1.41. The van der Waals surface area contributed by atoms with Crippen molar-refractivity contribution in [2.75, 3.05) is 11.9 Å². The summed E-state index contributed by atoms with van der Waals surface area (Å²) in [6.45, 7) is 2.74. The third kappa shape index (κ3) is 2.79. The second-order valence-corrected chi connectivity index (χ2v) is 5.48. The van der Waals surface area contributed by atoms with Gasteiger partial charge in [-0.1, -0.05) is 11.6 Å². The Balaban J connectivity index is 1.85. The molecule has 0 saturated heterocycles. The molecule has 0 aliphatic heterocycles. The lowest BCUT2D eigenvalue weighted by Gasteiger charge is -2.06. The van der Waals surface area contributed by atoms with Crippen LogP contribution < -0.4 is 5.32 Å². The van der Waals surface area contributed by atoms with E-state index in [9.17, 15) is 0 Å². The minimum absolute atomic E-state index is 0.423. The number of anilines is 1. The fourth-order valence-corrected chi connectivity index (χ4v) is 2.57. The van der Waals surface area contributed by atoms with Gasteiger partial charge in [-0.25, -0.2) is 14.6 Å². The van der Waals surface area contributed by atoms with Gasteiger partial charge in [0, 0.05) is 6.54 Å². The van der Waals surface area contributed by atoms with E-state index in [1.54, 1.807) is 6.20 Å². The van der Waals surface area contributed by atoms with E-state index in [4.69, 9.17) is 11.6 Å². The molecule has 0 unspecified atom stereocenters. The number of hydrogen-bond acceptors (Lipinski definition) is 7. The Morgan fingerprint density at radius 2 is 2.37 bits per heavy atom. The maximum absolute atomic E-state index is 6.11. The van der Waals surface area contributed by atoms with Gasteiger partial charge in [-0.3, -0.25) is 0 Å². The van der Waals surface area contributed by atoms with Crippen molar-refractivity contribution in [2.24, 2.45) is 0 Å². The second-order valence-electron chi connectivity index (χ2n) is 4.12. The first-order valence-electron chi connectivity index (χ1n) is 6.00. The van der Waals surface area contributed by atoms with E-state index in [0.29, 0.717) is 27.2 Å². The lowest BCUT2D eigenvalue weighted by atomic mass is 10.6. The number of tetrazole rings is 1. The van der Waals surface area contributed by atoms with Gasteiger partial charge in [0.05, 0.1) is 17.3 Å². The average molecular weight is 298 g/mol. The highest BCUT2D eigenvalue weighted by molar-refractivity contribution is 7.99. The SMILES string of the molecule is CCNc1ncc(Cl)c(Sc2nnnn2C2CC2)n1. The van der Waals surface area contributed by atoms with Crippen molar-refractivity contribution in [3.8, 4) is 0 Å². The Morgan fingerprint density at radius 1 is 1.53 bits per heavy atom. The summed E-state index contributed by atoms with van der Waals surface area (Å²) < 4.78 is 1.83. The van der Waals surface area contributed by atoms with E-state index < -0.39 is 0 Å². The van der Waals surface area contributed by atoms with E-state index in [0.717, 1.165) is 19.4 Å². The first-order chi connectivity index (χ1) is 9.28. The van der Waals surface area contributed by atoms with E-state index in [1.807, 2.05) is 11.6 Å². The van der Waals surface area contributed by atoms with Gasteiger partial charge in [0.25, 0.3) is 0 Å². The van der Waals surface area contributed by atoms with E-state index in [2.05, 4.69) is 30.8 Å². The predicted octanol–water partition coefficient (Wildman–Crippen LogP) is 2.03. The molecule has 2 aromatic heterocycles. The zero-order valence-electron chi connectivity index (χ0n) is 10.2. The molecule has 3 rings (SSSR count). The Kier molecular flexibility index (Phi) is 3.52. The van der Waals surface area contributed by atoms with Crippen LogP contribution in [0.1, 0.15) is 25.8 Å². The van der Waals surface area contributed by atoms with Crippen LogP contribution in [0.2, 0.25) is 5.02 Å². The lowest BCUT2D eigenvalue weighted by Crippen LogP contribution is -2.03. The highest BCUT2D eigenvalue weighted by Gasteiger charge is 2.28. The molecule has 0 atom stereocenters. The molecular formula is C10H12ClN7S. The van der Waals surface area contributed by atoms with Gasteiger partial charge in [0.1, 0.15) is 5.03 Å². The van der Waals surface area contributed by atoms with Crippen LogP contribution in [0.15, 0.2) is 16.4 Å². The molecule has 7 nitrogen and oxygen atoms in total. The summed E-state index contributed by atoms with van der Waals surface area (Å²) in [7, 11) is 0. The summed E-state index contributed by atoms with van der Waals surface area (Å²) >= 11 is 7.47. The van der Waals surface area contributed by atoms with Crippen molar-refractivity contribution in [3.63, 3.8) is 0 Å². The molecule has 19 heavy (non-hydrogen) atoms. The van der Waals surface area contributed by atoms with Crippen molar-refractivity contribution in [3.05, 3.63) is 11.2 Å². The molecule has 1 fully saturated rings. The Bertz CT molecular complexity index is 583. The molecule has 100 valence electrons. The van der Waals surface area contributed by atoms with E-state index in [1.165, 1.54) is 11.8 Å². The number of halogens is 1. The number of hydrogen-bond donors (Lipinski definition) is 1. The smallest absolute Gasteiger partial charge is 0.223 e. The van der Waals surface area contributed by atoms with E-state index >= 15 is 0 Å². The molecule has 0 bridgehead atoms. The van der Waals surface area contributed by atoms with Crippen LogP contribution in [-0.2, 0) is 0 Å². The molecule has 9 heteroatoms. The minimum atomic E-state index is 0.423. The topological polar surface area (TPSA) is 81.4 Å². The summed E-state index contributed by atoms with van der Waals surface area (Å²) in [5.41, 5.74) is 0. The zero-order chi connectivity index (χ0) is 13.2. The molecule has 2 aromatic rings. The molecule has 1 N–H and O–H groups in total. The Labute approximate surface area is 119 Å². The summed E-state index contributed by atoms with van der Waals surface area (Å²) in [5, 5.41) is 16.6. The van der Waals surface area contributed by atoms with E-state index in [-0.39, 0.29) is 0 Å². The largest absolute Gasteiger partial charge is 0.354 e. The van der Waals surface area contributed by atoms with Crippen molar-refractivity contribution in [1.82, 2.24) is 30.2 Å². The first kappa shape index (κ1) is 12.6. The van der Waals surface area contributed by atoms with Gasteiger partial charge >= 0.3 is 0 Å². The third-order valence-corrected chi connectivity index (χ3v) is 3.93. The van der Waals surface area contributed by atoms with Crippen LogP contribution in [-0.4, -0.2) is 36.7 Å². The number of rotatable bonds is 5. The van der Waals surface area contributed by atoms with Crippen LogP contribution in [0.5, 0.6) is 0 Å². The monoisotopic (exact) mass is 297 g/mol. The van der Waals surface area contributed by atoms with Gasteiger partial charge in [0.15, 0.2) is 0 Å². The summed E-state index contributed by atoms with van der Waals surface area (Å²) in [5.74, 6) is 0.555. The van der Waals surface area contributed by atoms with Gasteiger partial charge in [-0.15, -0.1) is 5.10 Å². The quantitative estimate of drug-likeness (QED) is 0.846. The van der Waals surface area contributed by atoms with Crippen LogP contribution in [0.25, 0.3) is 0 Å². The average Bonchev–Trinajstić information content (AvgIpc) is 3.14. The predicted molar refractivity (Wildman–Crippen MR) is 71.4 cm³/mol. The zero-order valence-corrected chi connectivity index (χ0v) is 11.8. The molecule has 1 aliphatic rings. The summed E-state index contributed by atoms with van der Waals surface area (Å²) in [4.78, 5) is 8.46. The molecule has 2 heterocycles. The third-order valence-electron chi connectivity index (χ3n) is 2.59. The van der Waals surface area contributed by atoms with Crippen molar-refractivity contribution in [1.29, 1.82) is 0 Å². The maximum atomic E-state index is 6.11. The van der Waals surface area contributed by atoms with Gasteiger partial charge < -0.3 is 5.32 Å². The highest BCUT2D eigenvalue weighted by atomic mass is 35.5.